The summed E-state index contributed by atoms with van der Waals surface area (Å²) in [4.78, 5) is 9.08. The second-order valence-electron chi connectivity index (χ2n) is 5.74. The number of aromatic nitrogens is 2. The summed E-state index contributed by atoms with van der Waals surface area (Å²) in [7, 11) is 0. The smallest absolute Gasteiger partial charge is 0.137 e. The van der Waals surface area contributed by atoms with Gasteiger partial charge in [0, 0.05) is 11.4 Å². The number of para-hydroxylation sites is 1. The second kappa shape index (κ2) is 5.16. The Bertz CT molecular complexity index is 571. The highest BCUT2D eigenvalue weighted by Gasteiger charge is 2.19. The van der Waals surface area contributed by atoms with Crippen LogP contribution in [0.3, 0.4) is 0 Å². The predicted molar refractivity (Wildman–Crippen MR) is 79.3 cm³/mol. The van der Waals surface area contributed by atoms with Crippen molar-refractivity contribution in [3.8, 4) is 0 Å². The molecule has 100 valence electrons. The van der Waals surface area contributed by atoms with E-state index in [9.17, 15) is 0 Å². The Hall–Kier alpha value is -1.64. The van der Waals surface area contributed by atoms with Crippen LogP contribution >= 0.6 is 0 Å². The Morgan fingerprint density at radius 1 is 1.05 bits per heavy atom. The zero-order valence-corrected chi connectivity index (χ0v) is 11.7. The van der Waals surface area contributed by atoms with E-state index in [2.05, 4.69) is 40.4 Å². The van der Waals surface area contributed by atoms with Crippen molar-refractivity contribution in [3.63, 3.8) is 0 Å². The van der Waals surface area contributed by atoms with Gasteiger partial charge in [0.1, 0.15) is 11.6 Å². The first-order valence-corrected chi connectivity index (χ1v) is 7.22. The van der Waals surface area contributed by atoms with E-state index >= 15 is 0 Å². The van der Waals surface area contributed by atoms with E-state index in [1.807, 2.05) is 13.0 Å². The summed E-state index contributed by atoms with van der Waals surface area (Å²) in [5, 5.41) is 4.77. The highest BCUT2D eigenvalue weighted by molar-refractivity contribution is 5.89. The summed E-state index contributed by atoms with van der Waals surface area (Å²) in [6, 6.07) is 8.80. The van der Waals surface area contributed by atoms with E-state index in [1.165, 1.54) is 25.7 Å². The van der Waals surface area contributed by atoms with Gasteiger partial charge in [0.2, 0.25) is 0 Å². The lowest BCUT2D eigenvalue weighted by Crippen LogP contribution is -2.25. The first-order chi connectivity index (χ1) is 9.22. The van der Waals surface area contributed by atoms with Crippen molar-refractivity contribution in [1.29, 1.82) is 0 Å². The van der Waals surface area contributed by atoms with Gasteiger partial charge in [-0.2, -0.15) is 0 Å². The molecule has 3 rings (SSSR count). The van der Waals surface area contributed by atoms with Gasteiger partial charge < -0.3 is 5.32 Å². The summed E-state index contributed by atoms with van der Waals surface area (Å²) in [6.07, 6.45) is 5.14. The van der Waals surface area contributed by atoms with Crippen LogP contribution in [0.5, 0.6) is 0 Å². The van der Waals surface area contributed by atoms with Crippen molar-refractivity contribution < 1.29 is 0 Å². The molecule has 0 radical (unpaired) electrons. The maximum atomic E-state index is 4.59. The fourth-order valence-electron chi connectivity index (χ4n) is 2.90. The van der Waals surface area contributed by atoms with Gasteiger partial charge in [-0.05, 0) is 50.7 Å². The summed E-state index contributed by atoms with van der Waals surface area (Å²) in [5.41, 5.74) is 1.03. The van der Waals surface area contributed by atoms with Crippen molar-refractivity contribution in [2.45, 2.75) is 45.6 Å². The Balaban J connectivity index is 1.88. The van der Waals surface area contributed by atoms with Crippen LogP contribution in [0, 0.1) is 12.8 Å². The van der Waals surface area contributed by atoms with Gasteiger partial charge in [0.05, 0.1) is 5.52 Å². The third-order valence-electron chi connectivity index (χ3n) is 4.07. The molecule has 3 heteroatoms. The lowest BCUT2D eigenvalue weighted by molar-refractivity contribution is 0.361. The minimum atomic E-state index is 0.564. The molecule has 1 aliphatic rings. The van der Waals surface area contributed by atoms with Crippen LogP contribution < -0.4 is 5.32 Å². The number of hydrogen-bond acceptors (Lipinski definition) is 3. The topological polar surface area (TPSA) is 37.8 Å². The summed E-state index contributed by atoms with van der Waals surface area (Å²) >= 11 is 0. The third-order valence-corrected chi connectivity index (χ3v) is 4.07. The lowest BCUT2D eigenvalue weighted by Gasteiger charge is -2.27. The van der Waals surface area contributed by atoms with Crippen LogP contribution in [-0.2, 0) is 0 Å². The molecule has 1 aliphatic carbocycles. The molecular weight excluding hydrogens is 234 g/mol. The van der Waals surface area contributed by atoms with Crippen LogP contribution in [-0.4, -0.2) is 16.0 Å². The molecule has 19 heavy (non-hydrogen) atoms. The highest BCUT2D eigenvalue weighted by atomic mass is 15.0. The standard InChI is InChI=1S/C16H21N3/c1-11-7-9-13(10-8-11)19-16-14-5-3-4-6-15(14)17-12(2)18-16/h3-6,11,13H,7-10H2,1-2H3,(H,17,18,19)/t11-,13-. The molecule has 2 aromatic rings. The molecule has 3 nitrogen and oxygen atoms in total. The Morgan fingerprint density at radius 2 is 1.79 bits per heavy atom. The molecule has 0 aliphatic heterocycles. The number of fused-ring (bicyclic) bond motifs is 1. The largest absolute Gasteiger partial charge is 0.367 e. The normalized spacial score (nSPS) is 23.5. The van der Waals surface area contributed by atoms with Crippen molar-refractivity contribution in [2.24, 2.45) is 5.92 Å². The zero-order valence-electron chi connectivity index (χ0n) is 11.7. The molecule has 0 bridgehead atoms. The fraction of sp³-hybridized carbons (Fsp3) is 0.500. The predicted octanol–water partition coefficient (Wildman–Crippen LogP) is 3.93. The Kier molecular flexibility index (Phi) is 3.36. The number of anilines is 1. The van der Waals surface area contributed by atoms with Gasteiger partial charge in [0.15, 0.2) is 0 Å². The molecule has 0 saturated heterocycles. The van der Waals surface area contributed by atoms with Gasteiger partial charge in [-0.1, -0.05) is 19.1 Å². The average Bonchev–Trinajstić information content (AvgIpc) is 2.41. The van der Waals surface area contributed by atoms with E-state index in [0.29, 0.717) is 6.04 Å². The quantitative estimate of drug-likeness (QED) is 0.883. The van der Waals surface area contributed by atoms with Crippen molar-refractivity contribution in [3.05, 3.63) is 30.1 Å². The zero-order chi connectivity index (χ0) is 13.2. The minimum Gasteiger partial charge on any atom is -0.367 e. The molecule has 0 spiro atoms. The lowest BCUT2D eigenvalue weighted by atomic mass is 9.87. The maximum Gasteiger partial charge on any atom is 0.137 e. The van der Waals surface area contributed by atoms with E-state index in [-0.39, 0.29) is 0 Å². The van der Waals surface area contributed by atoms with Gasteiger partial charge in [-0.25, -0.2) is 9.97 Å². The Labute approximate surface area is 114 Å². The number of nitrogens with zero attached hydrogens (tertiary/aromatic N) is 2. The van der Waals surface area contributed by atoms with Crippen molar-refractivity contribution in [1.82, 2.24) is 9.97 Å². The van der Waals surface area contributed by atoms with E-state index in [4.69, 9.17) is 0 Å². The molecule has 1 saturated carbocycles. The van der Waals surface area contributed by atoms with E-state index in [1.54, 1.807) is 0 Å². The number of aryl methyl sites for hydroxylation is 1. The van der Waals surface area contributed by atoms with Gasteiger partial charge in [-0.15, -0.1) is 0 Å². The van der Waals surface area contributed by atoms with E-state index < -0.39 is 0 Å². The summed E-state index contributed by atoms with van der Waals surface area (Å²) in [5.74, 6) is 2.72. The average molecular weight is 255 g/mol. The van der Waals surface area contributed by atoms with Gasteiger partial charge in [0.25, 0.3) is 0 Å². The summed E-state index contributed by atoms with van der Waals surface area (Å²) < 4.78 is 0. The number of benzene rings is 1. The number of hydrogen-bond donors (Lipinski definition) is 1. The molecule has 0 atom stereocenters. The SMILES string of the molecule is Cc1nc(N[C@H]2CC[C@H](C)CC2)c2ccccc2n1. The van der Waals surface area contributed by atoms with Crippen LogP contribution in [0.25, 0.3) is 10.9 Å². The Morgan fingerprint density at radius 3 is 2.58 bits per heavy atom. The molecule has 1 aromatic heterocycles. The molecule has 0 unspecified atom stereocenters. The number of rotatable bonds is 2. The van der Waals surface area contributed by atoms with Crippen LogP contribution in [0.15, 0.2) is 24.3 Å². The summed E-state index contributed by atoms with van der Waals surface area (Å²) in [6.45, 7) is 4.31. The first kappa shape index (κ1) is 12.4. The van der Waals surface area contributed by atoms with Crippen LogP contribution in [0.4, 0.5) is 5.82 Å². The molecule has 1 N–H and O–H groups in total. The van der Waals surface area contributed by atoms with Crippen LogP contribution in [0.1, 0.15) is 38.4 Å². The van der Waals surface area contributed by atoms with Gasteiger partial charge >= 0.3 is 0 Å². The minimum absolute atomic E-state index is 0.564. The molecule has 1 heterocycles. The first-order valence-electron chi connectivity index (χ1n) is 7.22. The van der Waals surface area contributed by atoms with Crippen LogP contribution in [0.2, 0.25) is 0 Å². The van der Waals surface area contributed by atoms with Crippen molar-refractivity contribution >= 4 is 16.7 Å². The molecular formula is C16H21N3. The monoisotopic (exact) mass is 255 g/mol. The van der Waals surface area contributed by atoms with Gasteiger partial charge in [-0.3, -0.25) is 0 Å². The molecule has 1 aromatic carbocycles. The van der Waals surface area contributed by atoms with E-state index in [0.717, 1.165) is 28.5 Å². The number of nitrogens with one attached hydrogen (secondary N) is 1. The fourth-order valence-corrected chi connectivity index (χ4v) is 2.90. The molecule has 0 amide bonds. The van der Waals surface area contributed by atoms with Crippen molar-refractivity contribution in [2.75, 3.05) is 5.32 Å². The molecule has 1 fully saturated rings. The highest BCUT2D eigenvalue weighted by Crippen LogP contribution is 2.27. The third kappa shape index (κ3) is 2.70. The maximum absolute atomic E-state index is 4.59. The second-order valence-corrected chi connectivity index (χ2v) is 5.74.